The maximum atomic E-state index is 11.1. The number of halogens is 1. The molecule has 2 aliphatic rings. The summed E-state index contributed by atoms with van der Waals surface area (Å²) in [7, 11) is 0. The van der Waals surface area contributed by atoms with Crippen molar-refractivity contribution in [3.63, 3.8) is 0 Å². The predicted octanol–water partition coefficient (Wildman–Crippen LogP) is 4.95. The summed E-state index contributed by atoms with van der Waals surface area (Å²) in [4.78, 5) is 11.1. The molecular formula is C17H22ClNO2. The zero-order chi connectivity index (χ0) is 14.9. The van der Waals surface area contributed by atoms with Crippen molar-refractivity contribution in [2.45, 2.75) is 57.4 Å². The largest absolute Gasteiger partial charge is 0.478 e. The van der Waals surface area contributed by atoms with Gasteiger partial charge in [-0.3, -0.25) is 0 Å². The summed E-state index contributed by atoms with van der Waals surface area (Å²) in [5.74, 6) is -0.975. The highest BCUT2D eigenvalue weighted by Gasteiger charge is 2.37. The average molecular weight is 308 g/mol. The van der Waals surface area contributed by atoms with Gasteiger partial charge in [0.15, 0.2) is 0 Å². The molecule has 0 unspecified atom stereocenters. The lowest BCUT2D eigenvalue weighted by Crippen LogP contribution is -2.31. The number of carboxylic acid groups (broad SMARTS) is 1. The second-order valence-electron chi connectivity index (χ2n) is 6.63. The molecule has 0 aliphatic heterocycles. The molecule has 2 fully saturated rings. The monoisotopic (exact) mass is 307 g/mol. The molecule has 2 saturated carbocycles. The molecule has 21 heavy (non-hydrogen) atoms. The topological polar surface area (TPSA) is 49.3 Å². The maximum Gasteiger partial charge on any atom is 0.337 e. The Labute approximate surface area is 130 Å². The highest BCUT2D eigenvalue weighted by atomic mass is 35.5. The van der Waals surface area contributed by atoms with Gasteiger partial charge in [0, 0.05) is 11.7 Å². The minimum Gasteiger partial charge on any atom is -0.478 e. The Bertz CT molecular complexity index is 528. The normalized spacial score (nSPS) is 21.6. The van der Waals surface area contributed by atoms with Crippen LogP contribution in [0.15, 0.2) is 18.2 Å². The lowest BCUT2D eigenvalue weighted by atomic mass is 9.71. The summed E-state index contributed by atoms with van der Waals surface area (Å²) < 4.78 is 0. The molecule has 1 aromatic rings. The van der Waals surface area contributed by atoms with Crippen molar-refractivity contribution in [1.82, 2.24) is 0 Å². The molecule has 0 saturated heterocycles. The molecule has 3 rings (SSSR count). The second-order valence-corrected chi connectivity index (χ2v) is 7.03. The summed E-state index contributed by atoms with van der Waals surface area (Å²) in [6, 6.07) is 5.63. The minimum absolute atomic E-state index is 0.171. The molecule has 0 radical (unpaired) electrons. The molecule has 1 aromatic carbocycles. The van der Waals surface area contributed by atoms with Crippen molar-refractivity contribution in [3.8, 4) is 0 Å². The number of aromatic carboxylic acids is 1. The first-order chi connectivity index (χ1) is 10.1. The van der Waals surface area contributed by atoms with Gasteiger partial charge in [0.1, 0.15) is 0 Å². The number of benzene rings is 1. The number of rotatable bonds is 3. The van der Waals surface area contributed by atoms with Gasteiger partial charge in [-0.1, -0.05) is 24.4 Å². The number of carboxylic acids is 1. The number of anilines is 1. The first kappa shape index (κ1) is 14.7. The van der Waals surface area contributed by atoms with Crippen LogP contribution in [0.4, 0.5) is 5.69 Å². The van der Waals surface area contributed by atoms with Crippen molar-refractivity contribution in [2.24, 2.45) is 5.41 Å². The summed E-state index contributed by atoms with van der Waals surface area (Å²) >= 11 is 5.91. The first-order valence-corrected chi connectivity index (χ1v) is 8.25. The van der Waals surface area contributed by atoms with E-state index in [-0.39, 0.29) is 5.56 Å². The van der Waals surface area contributed by atoms with Crippen LogP contribution in [0.2, 0.25) is 5.02 Å². The minimum atomic E-state index is -0.975. The fourth-order valence-corrected chi connectivity index (χ4v) is 4.21. The van der Waals surface area contributed by atoms with Crippen LogP contribution in [0, 0.1) is 5.41 Å². The van der Waals surface area contributed by atoms with E-state index in [1.807, 2.05) is 6.07 Å². The highest BCUT2D eigenvalue weighted by molar-refractivity contribution is 6.33. The quantitative estimate of drug-likeness (QED) is 0.830. The van der Waals surface area contributed by atoms with E-state index in [4.69, 9.17) is 16.7 Å². The summed E-state index contributed by atoms with van der Waals surface area (Å²) in [6.07, 6.45) is 10.6. The predicted molar refractivity (Wildman–Crippen MR) is 85.2 cm³/mol. The van der Waals surface area contributed by atoms with Gasteiger partial charge in [-0.15, -0.1) is 0 Å². The lowest BCUT2D eigenvalue weighted by Gasteiger charge is -2.37. The molecule has 0 atom stereocenters. The van der Waals surface area contributed by atoms with Crippen LogP contribution in [0.25, 0.3) is 0 Å². The van der Waals surface area contributed by atoms with Crippen LogP contribution in [0.3, 0.4) is 0 Å². The fraction of sp³-hybridized carbons (Fsp3) is 0.588. The Morgan fingerprint density at radius 1 is 1.19 bits per heavy atom. The molecule has 114 valence electrons. The molecular weight excluding hydrogens is 286 g/mol. The van der Waals surface area contributed by atoms with Crippen LogP contribution in [-0.4, -0.2) is 17.1 Å². The van der Waals surface area contributed by atoms with Gasteiger partial charge in [-0.05, 0) is 62.1 Å². The Morgan fingerprint density at radius 3 is 2.48 bits per heavy atom. The Kier molecular flexibility index (Phi) is 4.12. The second kappa shape index (κ2) is 5.88. The van der Waals surface area contributed by atoms with Crippen molar-refractivity contribution < 1.29 is 9.90 Å². The van der Waals surface area contributed by atoms with Gasteiger partial charge < -0.3 is 10.4 Å². The van der Waals surface area contributed by atoms with E-state index in [9.17, 15) is 4.79 Å². The van der Waals surface area contributed by atoms with E-state index in [2.05, 4.69) is 5.32 Å². The fourth-order valence-electron chi connectivity index (χ4n) is 4.01. The number of hydrogen-bond donors (Lipinski definition) is 2. The van der Waals surface area contributed by atoms with Gasteiger partial charge >= 0.3 is 5.97 Å². The molecule has 4 heteroatoms. The Morgan fingerprint density at radius 2 is 1.86 bits per heavy atom. The molecule has 0 amide bonds. The van der Waals surface area contributed by atoms with Crippen LogP contribution in [-0.2, 0) is 0 Å². The third kappa shape index (κ3) is 3.18. The zero-order valence-electron chi connectivity index (χ0n) is 12.2. The third-order valence-corrected chi connectivity index (χ3v) is 5.61. The SMILES string of the molecule is O=C(O)c1cc(NC2CCC3(CCCC3)CC2)ccc1Cl. The van der Waals surface area contributed by atoms with E-state index < -0.39 is 5.97 Å². The lowest BCUT2D eigenvalue weighted by molar-refractivity contribution is 0.0697. The molecule has 1 spiro atoms. The summed E-state index contributed by atoms with van der Waals surface area (Å²) in [5, 5.41) is 12.9. The van der Waals surface area contributed by atoms with Crippen molar-refractivity contribution in [2.75, 3.05) is 5.32 Å². The average Bonchev–Trinajstić information content (AvgIpc) is 2.92. The van der Waals surface area contributed by atoms with E-state index in [1.54, 1.807) is 12.1 Å². The summed E-state index contributed by atoms with van der Waals surface area (Å²) in [5.41, 5.74) is 1.67. The van der Waals surface area contributed by atoms with Gasteiger partial charge in [-0.2, -0.15) is 0 Å². The van der Waals surface area contributed by atoms with E-state index in [0.717, 1.165) is 5.69 Å². The van der Waals surface area contributed by atoms with Crippen LogP contribution < -0.4 is 5.32 Å². The van der Waals surface area contributed by atoms with E-state index >= 15 is 0 Å². The number of nitrogens with one attached hydrogen (secondary N) is 1. The highest BCUT2D eigenvalue weighted by Crippen LogP contribution is 2.49. The molecule has 0 heterocycles. The van der Waals surface area contributed by atoms with Crippen LogP contribution in [0.5, 0.6) is 0 Å². The van der Waals surface area contributed by atoms with Crippen LogP contribution in [0.1, 0.15) is 61.7 Å². The molecule has 0 bridgehead atoms. The Hall–Kier alpha value is -1.22. The number of hydrogen-bond acceptors (Lipinski definition) is 2. The first-order valence-electron chi connectivity index (χ1n) is 7.87. The third-order valence-electron chi connectivity index (χ3n) is 5.28. The maximum absolute atomic E-state index is 11.1. The standard InChI is InChI=1S/C17H22ClNO2/c18-15-4-3-13(11-14(15)16(20)21)19-12-5-9-17(10-6-12)7-1-2-8-17/h3-4,11-12,19H,1-2,5-10H2,(H,20,21). The summed E-state index contributed by atoms with van der Waals surface area (Å²) in [6.45, 7) is 0. The van der Waals surface area contributed by atoms with E-state index in [1.165, 1.54) is 51.4 Å². The molecule has 2 N–H and O–H groups in total. The van der Waals surface area contributed by atoms with Gasteiger partial charge in [0.2, 0.25) is 0 Å². The van der Waals surface area contributed by atoms with Crippen molar-refractivity contribution in [3.05, 3.63) is 28.8 Å². The molecule has 2 aliphatic carbocycles. The van der Waals surface area contributed by atoms with Crippen molar-refractivity contribution >= 4 is 23.3 Å². The Balaban J connectivity index is 1.63. The number of carbonyl (C=O) groups is 1. The van der Waals surface area contributed by atoms with E-state index in [0.29, 0.717) is 16.5 Å². The smallest absolute Gasteiger partial charge is 0.337 e. The molecule has 3 nitrogen and oxygen atoms in total. The van der Waals surface area contributed by atoms with Crippen molar-refractivity contribution in [1.29, 1.82) is 0 Å². The van der Waals surface area contributed by atoms with Gasteiger partial charge in [0.25, 0.3) is 0 Å². The zero-order valence-corrected chi connectivity index (χ0v) is 13.0. The van der Waals surface area contributed by atoms with Crippen LogP contribution >= 0.6 is 11.6 Å². The van der Waals surface area contributed by atoms with Gasteiger partial charge in [0.05, 0.1) is 10.6 Å². The molecule has 0 aromatic heterocycles. The van der Waals surface area contributed by atoms with Gasteiger partial charge in [-0.25, -0.2) is 4.79 Å².